The van der Waals surface area contributed by atoms with Crippen LogP contribution in [0.25, 0.3) is 12.2 Å². The molecule has 0 N–H and O–H groups in total. The first-order valence-corrected chi connectivity index (χ1v) is 8.54. The summed E-state index contributed by atoms with van der Waals surface area (Å²) in [5.74, 6) is 0.582. The largest absolute Gasteiger partial charge is 0.103 e. The summed E-state index contributed by atoms with van der Waals surface area (Å²) in [6, 6.07) is 6.89. The third-order valence-electron chi connectivity index (χ3n) is 4.96. The zero-order valence-electron chi connectivity index (χ0n) is 13.5. The van der Waals surface area contributed by atoms with E-state index in [1.54, 1.807) is 5.57 Å². The smallest absolute Gasteiger partial charge is 0.00882 e. The summed E-state index contributed by atoms with van der Waals surface area (Å²) in [6.45, 7) is 8.24. The van der Waals surface area contributed by atoms with Crippen LogP contribution < -0.4 is 0 Å². The third kappa shape index (κ3) is 3.50. The van der Waals surface area contributed by atoms with E-state index in [4.69, 9.17) is 0 Å². The van der Waals surface area contributed by atoms with Gasteiger partial charge in [0.25, 0.3) is 0 Å². The number of benzene rings is 1. The summed E-state index contributed by atoms with van der Waals surface area (Å²) in [7, 11) is 0. The van der Waals surface area contributed by atoms with Gasteiger partial charge >= 0.3 is 0 Å². The molecule has 1 aromatic rings. The Morgan fingerprint density at radius 2 is 2.05 bits per heavy atom. The highest BCUT2D eigenvalue weighted by molar-refractivity contribution is 5.65. The van der Waals surface area contributed by atoms with Gasteiger partial charge in [0.05, 0.1) is 0 Å². The predicted molar refractivity (Wildman–Crippen MR) is 97.7 cm³/mol. The SMILES string of the molecule is C=CCC1C/C(=C\c2ccc3c(c2)C=CC3)CCCCC1=C. The molecule has 114 valence electrons. The molecular weight excluding hydrogens is 264 g/mol. The molecular formula is C22H26. The number of hydrogen-bond donors (Lipinski definition) is 0. The molecule has 0 heterocycles. The fourth-order valence-corrected chi connectivity index (χ4v) is 3.65. The lowest BCUT2D eigenvalue weighted by Crippen LogP contribution is -2.07. The molecule has 2 aliphatic carbocycles. The first-order valence-electron chi connectivity index (χ1n) is 8.54. The average molecular weight is 290 g/mol. The number of allylic oxidation sites excluding steroid dienone is 4. The summed E-state index contributed by atoms with van der Waals surface area (Å²) in [5.41, 5.74) is 7.20. The molecule has 22 heavy (non-hydrogen) atoms. The summed E-state index contributed by atoms with van der Waals surface area (Å²) >= 11 is 0. The minimum atomic E-state index is 0.582. The molecule has 1 fully saturated rings. The topological polar surface area (TPSA) is 0 Å². The Morgan fingerprint density at radius 3 is 2.91 bits per heavy atom. The minimum absolute atomic E-state index is 0.582. The van der Waals surface area contributed by atoms with E-state index in [0.717, 1.165) is 19.3 Å². The zero-order valence-corrected chi connectivity index (χ0v) is 13.5. The maximum Gasteiger partial charge on any atom is -0.00882 e. The zero-order chi connectivity index (χ0) is 15.4. The maximum atomic E-state index is 4.32. The van der Waals surface area contributed by atoms with Gasteiger partial charge in [0.1, 0.15) is 0 Å². The second-order valence-corrected chi connectivity index (χ2v) is 6.66. The van der Waals surface area contributed by atoms with E-state index < -0.39 is 0 Å². The van der Waals surface area contributed by atoms with Crippen molar-refractivity contribution in [2.24, 2.45) is 5.92 Å². The predicted octanol–water partition coefficient (Wildman–Crippen LogP) is 6.35. The van der Waals surface area contributed by atoms with E-state index in [0.29, 0.717) is 5.92 Å². The molecule has 1 unspecified atom stereocenters. The quantitative estimate of drug-likeness (QED) is 0.569. The van der Waals surface area contributed by atoms with Crippen molar-refractivity contribution in [3.63, 3.8) is 0 Å². The Labute approximate surface area is 135 Å². The van der Waals surface area contributed by atoms with Crippen molar-refractivity contribution in [2.75, 3.05) is 0 Å². The van der Waals surface area contributed by atoms with Crippen LogP contribution in [-0.4, -0.2) is 0 Å². The van der Waals surface area contributed by atoms with Crippen molar-refractivity contribution in [3.05, 3.63) is 71.3 Å². The summed E-state index contributed by atoms with van der Waals surface area (Å²) in [6.07, 6.45) is 17.3. The number of fused-ring (bicyclic) bond motifs is 1. The van der Waals surface area contributed by atoms with E-state index in [-0.39, 0.29) is 0 Å². The molecule has 2 aliphatic rings. The third-order valence-corrected chi connectivity index (χ3v) is 4.96. The van der Waals surface area contributed by atoms with Crippen molar-refractivity contribution < 1.29 is 0 Å². The molecule has 1 saturated carbocycles. The highest BCUT2D eigenvalue weighted by atomic mass is 14.2. The monoisotopic (exact) mass is 290 g/mol. The molecule has 0 saturated heterocycles. The molecule has 0 amide bonds. The van der Waals surface area contributed by atoms with Gasteiger partial charge in [0, 0.05) is 0 Å². The van der Waals surface area contributed by atoms with Crippen LogP contribution in [0.5, 0.6) is 0 Å². The Kier molecular flexibility index (Phi) is 4.77. The molecule has 0 spiro atoms. The number of hydrogen-bond acceptors (Lipinski definition) is 0. The van der Waals surface area contributed by atoms with Crippen molar-refractivity contribution >= 4 is 12.2 Å². The Morgan fingerprint density at radius 1 is 1.18 bits per heavy atom. The highest BCUT2D eigenvalue weighted by Crippen LogP contribution is 2.33. The van der Waals surface area contributed by atoms with Crippen LogP contribution in [0.4, 0.5) is 0 Å². The van der Waals surface area contributed by atoms with Crippen molar-refractivity contribution in [1.29, 1.82) is 0 Å². The van der Waals surface area contributed by atoms with E-state index >= 15 is 0 Å². The van der Waals surface area contributed by atoms with Crippen LogP contribution in [0.15, 0.2) is 54.7 Å². The van der Waals surface area contributed by atoms with E-state index in [1.807, 2.05) is 0 Å². The van der Waals surface area contributed by atoms with Crippen LogP contribution in [0.2, 0.25) is 0 Å². The molecule has 1 atom stereocenters. The Bertz CT molecular complexity index is 627. The lowest BCUT2D eigenvalue weighted by molar-refractivity contribution is 0.534. The van der Waals surface area contributed by atoms with Crippen LogP contribution >= 0.6 is 0 Å². The minimum Gasteiger partial charge on any atom is -0.103 e. The summed E-state index contributed by atoms with van der Waals surface area (Å²) in [5, 5.41) is 0. The normalized spacial score (nSPS) is 23.2. The van der Waals surface area contributed by atoms with Crippen LogP contribution in [-0.2, 0) is 6.42 Å². The van der Waals surface area contributed by atoms with Crippen molar-refractivity contribution in [1.82, 2.24) is 0 Å². The molecule has 0 aliphatic heterocycles. The summed E-state index contributed by atoms with van der Waals surface area (Å²) in [4.78, 5) is 0. The van der Waals surface area contributed by atoms with Gasteiger partial charge in [-0.15, -0.1) is 6.58 Å². The molecule has 0 nitrogen and oxygen atoms in total. The maximum absolute atomic E-state index is 4.32. The molecule has 0 heteroatoms. The van der Waals surface area contributed by atoms with Gasteiger partial charge in [-0.25, -0.2) is 0 Å². The summed E-state index contributed by atoms with van der Waals surface area (Å²) < 4.78 is 0. The van der Waals surface area contributed by atoms with Gasteiger partial charge < -0.3 is 0 Å². The van der Waals surface area contributed by atoms with E-state index in [1.165, 1.54) is 47.9 Å². The molecule has 1 aromatic carbocycles. The van der Waals surface area contributed by atoms with E-state index in [2.05, 4.69) is 55.7 Å². The standard InChI is InChI=1S/C22H26/c1-3-7-21-15-18(9-5-4-8-17(21)2)14-19-12-13-20-10-6-11-22(20)16-19/h3,6,11-14,16,21H,1-2,4-5,7-10,15H2/b18-14-. The highest BCUT2D eigenvalue weighted by Gasteiger charge is 2.16. The van der Waals surface area contributed by atoms with Gasteiger partial charge in [-0.3, -0.25) is 0 Å². The van der Waals surface area contributed by atoms with Gasteiger partial charge in [0.2, 0.25) is 0 Å². The van der Waals surface area contributed by atoms with Crippen molar-refractivity contribution in [3.8, 4) is 0 Å². The van der Waals surface area contributed by atoms with Gasteiger partial charge in [0.15, 0.2) is 0 Å². The second-order valence-electron chi connectivity index (χ2n) is 6.66. The fourth-order valence-electron chi connectivity index (χ4n) is 3.65. The number of rotatable bonds is 3. The van der Waals surface area contributed by atoms with Gasteiger partial charge in [-0.2, -0.15) is 0 Å². The van der Waals surface area contributed by atoms with Gasteiger partial charge in [-0.05, 0) is 73.6 Å². The Balaban J connectivity index is 1.82. The average Bonchev–Trinajstić information content (AvgIpc) is 2.96. The lowest BCUT2D eigenvalue weighted by atomic mass is 9.82. The van der Waals surface area contributed by atoms with Crippen LogP contribution in [0.1, 0.15) is 55.2 Å². The molecule has 0 radical (unpaired) electrons. The van der Waals surface area contributed by atoms with Crippen LogP contribution in [0.3, 0.4) is 0 Å². The Hall–Kier alpha value is -1.82. The molecule has 3 rings (SSSR count). The lowest BCUT2D eigenvalue weighted by Gasteiger charge is -2.23. The van der Waals surface area contributed by atoms with Gasteiger partial charge in [-0.1, -0.05) is 54.2 Å². The second kappa shape index (κ2) is 6.96. The molecule has 0 aromatic heterocycles. The van der Waals surface area contributed by atoms with Crippen LogP contribution in [0, 0.1) is 5.92 Å². The molecule has 0 bridgehead atoms. The first-order chi connectivity index (χ1) is 10.8. The van der Waals surface area contributed by atoms with Crippen molar-refractivity contribution in [2.45, 2.75) is 44.9 Å². The fraction of sp³-hybridized carbons (Fsp3) is 0.364. The first kappa shape index (κ1) is 15.1. The van der Waals surface area contributed by atoms with E-state index in [9.17, 15) is 0 Å².